The van der Waals surface area contributed by atoms with Crippen molar-refractivity contribution >= 4 is 23.6 Å². The molecule has 0 radical (unpaired) electrons. The summed E-state index contributed by atoms with van der Waals surface area (Å²) in [4.78, 5) is 25.2. The highest BCUT2D eigenvalue weighted by atomic mass is 32.2. The molecule has 1 heterocycles. The summed E-state index contributed by atoms with van der Waals surface area (Å²) in [5.74, 6) is 1.35. The third-order valence-electron chi connectivity index (χ3n) is 3.30. The Morgan fingerprint density at radius 1 is 1.35 bits per heavy atom. The Kier molecular flexibility index (Phi) is 5.06. The first-order valence-electron chi connectivity index (χ1n) is 6.77. The van der Waals surface area contributed by atoms with Gasteiger partial charge in [0.05, 0.1) is 17.7 Å². The lowest BCUT2D eigenvalue weighted by Gasteiger charge is -2.24. The lowest BCUT2D eigenvalue weighted by molar-refractivity contribution is -0.132. The van der Waals surface area contributed by atoms with Gasteiger partial charge in [0.1, 0.15) is 6.54 Å². The fourth-order valence-corrected chi connectivity index (χ4v) is 3.13. The summed E-state index contributed by atoms with van der Waals surface area (Å²) < 4.78 is 0. The minimum atomic E-state index is -0.0941. The van der Waals surface area contributed by atoms with E-state index < -0.39 is 0 Å². The van der Waals surface area contributed by atoms with Crippen LogP contribution >= 0.6 is 11.8 Å². The molecule has 0 aromatic heterocycles. The fraction of sp³-hybridized carbons (Fsp3) is 0.467. The van der Waals surface area contributed by atoms with Crippen molar-refractivity contribution in [3.63, 3.8) is 0 Å². The standard InChI is InChI=1S/C15H20N2O2S/c1-11(2)15(12-6-4-3-5-7-12)16-13(18)8-17-10-20-9-14(17)19/h3-7,11,15H,8-10H2,1-2H3,(H,16,18)/t15-/m0/s1. The molecule has 1 aliphatic heterocycles. The number of carbonyl (C=O) groups excluding carboxylic acids is 2. The third kappa shape index (κ3) is 3.76. The van der Waals surface area contributed by atoms with E-state index in [0.717, 1.165) is 5.56 Å². The van der Waals surface area contributed by atoms with Gasteiger partial charge in [-0.15, -0.1) is 11.8 Å². The van der Waals surface area contributed by atoms with Gasteiger partial charge in [-0.3, -0.25) is 9.59 Å². The number of thioether (sulfide) groups is 1. The molecule has 0 bridgehead atoms. The molecule has 20 heavy (non-hydrogen) atoms. The maximum atomic E-state index is 12.1. The SMILES string of the molecule is CC(C)[C@H](NC(=O)CN1CSCC1=O)c1ccccc1. The molecule has 0 aliphatic carbocycles. The van der Waals surface area contributed by atoms with E-state index in [4.69, 9.17) is 0 Å². The molecule has 5 heteroatoms. The van der Waals surface area contributed by atoms with Gasteiger partial charge in [-0.1, -0.05) is 44.2 Å². The predicted octanol–water partition coefficient (Wildman–Crippen LogP) is 2.03. The summed E-state index contributed by atoms with van der Waals surface area (Å²) in [7, 11) is 0. The summed E-state index contributed by atoms with van der Waals surface area (Å²) in [6.07, 6.45) is 0. The Labute approximate surface area is 123 Å². The topological polar surface area (TPSA) is 49.4 Å². The number of benzene rings is 1. The van der Waals surface area contributed by atoms with Crippen LogP contribution in [0.15, 0.2) is 30.3 Å². The van der Waals surface area contributed by atoms with Crippen LogP contribution in [0.1, 0.15) is 25.5 Å². The molecule has 1 aromatic carbocycles. The minimum absolute atomic E-state index is 0.0194. The van der Waals surface area contributed by atoms with E-state index >= 15 is 0 Å². The van der Waals surface area contributed by atoms with Crippen LogP contribution in [-0.2, 0) is 9.59 Å². The first-order valence-corrected chi connectivity index (χ1v) is 7.93. The highest BCUT2D eigenvalue weighted by Gasteiger charge is 2.25. The zero-order valence-electron chi connectivity index (χ0n) is 11.8. The fourth-order valence-electron chi connectivity index (χ4n) is 2.23. The summed E-state index contributed by atoms with van der Waals surface area (Å²) in [6.45, 7) is 4.31. The molecule has 1 aromatic rings. The number of amides is 2. The Bertz CT molecular complexity index is 476. The molecule has 0 saturated carbocycles. The number of nitrogens with zero attached hydrogens (tertiary/aromatic N) is 1. The molecule has 4 nitrogen and oxygen atoms in total. The van der Waals surface area contributed by atoms with Crippen molar-refractivity contribution in [3.05, 3.63) is 35.9 Å². The van der Waals surface area contributed by atoms with Crippen molar-refractivity contribution < 1.29 is 9.59 Å². The Morgan fingerprint density at radius 2 is 2.05 bits per heavy atom. The summed E-state index contributed by atoms with van der Waals surface area (Å²) in [5.41, 5.74) is 1.10. The van der Waals surface area contributed by atoms with Gasteiger partial charge < -0.3 is 10.2 Å². The number of carbonyl (C=O) groups is 2. The maximum absolute atomic E-state index is 12.1. The second-order valence-electron chi connectivity index (χ2n) is 5.27. The van der Waals surface area contributed by atoms with Crippen LogP contribution < -0.4 is 5.32 Å². The molecule has 2 amide bonds. The van der Waals surface area contributed by atoms with Gasteiger partial charge in [-0.05, 0) is 11.5 Å². The van der Waals surface area contributed by atoms with Crippen molar-refractivity contribution in [1.82, 2.24) is 10.2 Å². The van der Waals surface area contributed by atoms with Crippen LogP contribution in [0.4, 0.5) is 0 Å². The van der Waals surface area contributed by atoms with Crippen LogP contribution in [0, 0.1) is 5.92 Å². The van der Waals surface area contributed by atoms with E-state index in [2.05, 4.69) is 19.2 Å². The zero-order chi connectivity index (χ0) is 14.5. The molecule has 1 aliphatic rings. The highest BCUT2D eigenvalue weighted by Crippen LogP contribution is 2.21. The van der Waals surface area contributed by atoms with Gasteiger partial charge in [0.2, 0.25) is 11.8 Å². The van der Waals surface area contributed by atoms with E-state index in [0.29, 0.717) is 17.5 Å². The number of hydrogen-bond donors (Lipinski definition) is 1. The molecule has 1 N–H and O–H groups in total. The molecule has 0 spiro atoms. The first-order chi connectivity index (χ1) is 9.58. The largest absolute Gasteiger partial charge is 0.347 e. The van der Waals surface area contributed by atoms with Gasteiger partial charge >= 0.3 is 0 Å². The van der Waals surface area contributed by atoms with Crippen molar-refractivity contribution in [2.75, 3.05) is 18.2 Å². The monoisotopic (exact) mass is 292 g/mol. The molecule has 1 atom stereocenters. The van der Waals surface area contributed by atoms with Crippen LogP contribution in [0.3, 0.4) is 0 Å². The zero-order valence-corrected chi connectivity index (χ0v) is 12.7. The third-order valence-corrected chi connectivity index (χ3v) is 4.25. The average molecular weight is 292 g/mol. The average Bonchev–Trinajstić information content (AvgIpc) is 2.82. The predicted molar refractivity (Wildman–Crippen MR) is 81.2 cm³/mol. The lowest BCUT2D eigenvalue weighted by atomic mass is 9.96. The van der Waals surface area contributed by atoms with Gasteiger partial charge in [-0.2, -0.15) is 0 Å². The van der Waals surface area contributed by atoms with Gasteiger partial charge in [0, 0.05) is 0 Å². The Balaban J connectivity index is 1.98. The lowest BCUT2D eigenvalue weighted by Crippen LogP contribution is -2.40. The van der Waals surface area contributed by atoms with Gasteiger partial charge in [0.15, 0.2) is 0 Å². The summed E-state index contributed by atoms with van der Waals surface area (Å²) in [5, 5.41) is 3.04. The molecule has 1 fully saturated rings. The first kappa shape index (κ1) is 14.9. The normalized spacial score (nSPS) is 16.6. The molecule has 1 saturated heterocycles. The molecule has 0 unspecified atom stereocenters. The van der Waals surface area contributed by atoms with Crippen molar-refractivity contribution in [2.24, 2.45) is 5.92 Å². The van der Waals surface area contributed by atoms with Crippen molar-refractivity contribution in [1.29, 1.82) is 0 Å². The quantitative estimate of drug-likeness (QED) is 0.903. The second-order valence-corrected chi connectivity index (χ2v) is 6.22. The smallest absolute Gasteiger partial charge is 0.240 e. The Morgan fingerprint density at radius 3 is 2.60 bits per heavy atom. The van der Waals surface area contributed by atoms with Crippen LogP contribution in [0.2, 0.25) is 0 Å². The van der Waals surface area contributed by atoms with Crippen molar-refractivity contribution in [2.45, 2.75) is 19.9 Å². The van der Waals surface area contributed by atoms with E-state index in [1.165, 1.54) is 0 Å². The van der Waals surface area contributed by atoms with E-state index in [1.54, 1.807) is 16.7 Å². The van der Waals surface area contributed by atoms with E-state index in [-0.39, 0.29) is 24.4 Å². The van der Waals surface area contributed by atoms with Crippen LogP contribution in [-0.4, -0.2) is 34.9 Å². The van der Waals surface area contributed by atoms with E-state index in [1.807, 2.05) is 30.3 Å². The number of rotatable bonds is 5. The second kappa shape index (κ2) is 6.79. The molecular formula is C15H20N2O2S. The summed E-state index contributed by atoms with van der Waals surface area (Å²) in [6, 6.07) is 9.91. The van der Waals surface area contributed by atoms with E-state index in [9.17, 15) is 9.59 Å². The number of nitrogens with one attached hydrogen (secondary N) is 1. The highest BCUT2D eigenvalue weighted by molar-refractivity contribution is 8.00. The van der Waals surface area contributed by atoms with Crippen LogP contribution in [0.25, 0.3) is 0 Å². The van der Waals surface area contributed by atoms with Crippen molar-refractivity contribution in [3.8, 4) is 0 Å². The van der Waals surface area contributed by atoms with Crippen LogP contribution in [0.5, 0.6) is 0 Å². The molecule has 2 rings (SSSR count). The Hall–Kier alpha value is -1.49. The van der Waals surface area contributed by atoms with Gasteiger partial charge in [-0.25, -0.2) is 0 Å². The summed E-state index contributed by atoms with van der Waals surface area (Å²) >= 11 is 1.55. The molecular weight excluding hydrogens is 272 g/mol. The minimum Gasteiger partial charge on any atom is -0.347 e. The van der Waals surface area contributed by atoms with Gasteiger partial charge in [0.25, 0.3) is 0 Å². The molecule has 108 valence electrons. The maximum Gasteiger partial charge on any atom is 0.240 e. The number of hydrogen-bond acceptors (Lipinski definition) is 3.